The Bertz CT molecular complexity index is 547. The van der Waals surface area contributed by atoms with E-state index in [9.17, 15) is 4.79 Å². The second kappa shape index (κ2) is 6.78. The minimum Gasteiger partial charge on any atom is -0.460 e. The molecular formula is C17H23N3O2. The maximum absolute atomic E-state index is 11.9. The van der Waals surface area contributed by atoms with Crippen molar-refractivity contribution in [1.82, 2.24) is 4.98 Å². The molecule has 1 fully saturated rings. The van der Waals surface area contributed by atoms with Crippen molar-refractivity contribution in [1.29, 1.82) is 0 Å². The molecule has 0 radical (unpaired) electrons. The van der Waals surface area contributed by atoms with E-state index in [0.29, 0.717) is 18.0 Å². The van der Waals surface area contributed by atoms with E-state index in [2.05, 4.69) is 14.7 Å². The van der Waals surface area contributed by atoms with Crippen molar-refractivity contribution >= 4 is 17.5 Å². The Morgan fingerprint density at radius 3 is 2.59 bits per heavy atom. The van der Waals surface area contributed by atoms with E-state index < -0.39 is 5.60 Å². The largest absolute Gasteiger partial charge is 0.460 e. The van der Waals surface area contributed by atoms with Crippen LogP contribution in [0.4, 0.5) is 11.5 Å². The van der Waals surface area contributed by atoms with Gasteiger partial charge in [-0.05, 0) is 45.6 Å². The Morgan fingerprint density at radius 2 is 2.09 bits per heavy atom. The first-order valence-electron chi connectivity index (χ1n) is 7.68. The van der Waals surface area contributed by atoms with Crippen LogP contribution in [0.5, 0.6) is 0 Å². The molecule has 1 aromatic heterocycles. The Hall–Kier alpha value is -2.09. The lowest BCUT2D eigenvalue weighted by atomic mass is 9.93. The third-order valence-corrected chi connectivity index (χ3v) is 3.68. The number of pyridine rings is 1. The molecule has 0 N–H and O–H groups in total. The fourth-order valence-electron chi connectivity index (χ4n) is 2.62. The Labute approximate surface area is 132 Å². The van der Waals surface area contributed by atoms with Crippen LogP contribution in [-0.2, 0) is 9.53 Å². The third-order valence-electron chi connectivity index (χ3n) is 3.68. The number of aromatic nitrogens is 1. The number of nitrogens with zero attached hydrogens (tertiary/aromatic N) is 3. The van der Waals surface area contributed by atoms with Crippen molar-refractivity contribution < 1.29 is 9.53 Å². The van der Waals surface area contributed by atoms with Gasteiger partial charge in [-0.2, -0.15) is 0 Å². The number of carbonyl (C=O) groups excluding carboxylic acids is 1. The molecule has 2 rings (SSSR count). The number of rotatable bonds is 3. The maximum Gasteiger partial charge on any atom is 0.306 e. The van der Waals surface area contributed by atoms with Crippen LogP contribution in [0.2, 0.25) is 0 Å². The summed E-state index contributed by atoms with van der Waals surface area (Å²) in [5.41, 5.74) is 0.148. The van der Waals surface area contributed by atoms with Crippen LogP contribution >= 0.6 is 0 Å². The summed E-state index contributed by atoms with van der Waals surface area (Å²) in [6.45, 7) is 14.4. The van der Waals surface area contributed by atoms with E-state index in [-0.39, 0.29) is 5.97 Å². The van der Waals surface area contributed by atoms with Crippen LogP contribution in [0.25, 0.3) is 4.85 Å². The highest BCUT2D eigenvalue weighted by Crippen LogP contribution is 2.26. The van der Waals surface area contributed by atoms with Crippen molar-refractivity contribution in [2.45, 2.75) is 45.6 Å². The molecule has 0 bridgehead atoms. The monoisotopic (exact) mass is 301 g/mol. The molecule has 0 atom stereocenters. The van der Waals surface area contributed by atoms with Gasteiger partial charge in [0.2, 0.25) is 5.69 Å². The standard InChI is InChI=1S/C17H23N3O2/c1-17(2,3)22-16(21)11-13-7-9-20(10-8-13)15-6-5-14(18-4)12-19-15/h5-6,12-13H,7-11H2,1-3H3. The number of hydrogen-bond acceptors (Lipinski definition) is 4. The normalized spacial score (nSPS) is 16.2. The fourth-order valence-corrected chi connectivity index (χ4v) is 2.62. The fraction of sp³-hybridized carbons (Fsp3) is 0.588. The summed E-state index contributed by atoms with van der Waals surface area (Å²) in [5, 5.41) is 0. The lowest BCUT2D eigenvalue weighted by Crippen LogP contribution is -2.35. The van der Waals surface area contributed by atoms with E-state index in [1.807, 2.05) is 26.8 Å². The molecule has 22 heavy (non-hydrogen) atoms. The van der Waals surface area contributed by atoms with Gasteiger partial charge >= 0.3 is 5.97 Å². The molecule has 1 aromatic rings. The number of carbonyl (C=O) groups is 1. The van der Waals surface area contributed by atoms with E-state index in [1.165, 1.54) is 0 Å². The van der Waals surface area contributed by atoms with Crippen molar-refractivity contribution in [3.8, 4) is 0 Å². The molecule has 1 saturated heterocycles. The minimum absolute atomic E-state index is 0.106. The second-order valence-corrected chi connectivity index (χ2v) is 6.71. The van der Waals surface area contributed by atoms with Gasteiger partial charge in [0.1, 0.15) is 11.4 Å². The third kappa shape index (κ3) is 4.73. The van der Waals surface area contributed by atoms with E-state index >= 15 is 0 Å². The molecular weight excluding hydrogens is 278 g/mol. The van der Waals surface area contributed by atoms with Crippen LogP contribution < -0.4 is 4.90 Å². The van der Waals surface area contributed by atoms with Crippen LogP contribution in [0.1, 0.15) is 40.0 Å². The molecule has 0 amide bonds. The van der Waals surface area contributed by atoms with Gasteiger partial charge in [0, 0.05) is 25.7 Å². The van der Waals surface area contributed by atoms with Crippen LogP contribution in [0.15, 0.2) is 18.3 Å². The Morgan fingerprint density at radius 1 is 1.41 bits per heavy atom. The summed E-state index contributed by atoms with van der Waals surface area (Å²) in [7, 11) is 0. The van der Waals surface area contributed by atoms with Gasteiger partial charge in [0.15, 0.2) is 0 Å². The molecule has 0 unspecified atom stereocenters. The van der Waals surface area contributed by atoms with Crippen LogP contribution in [0.3, 0.4) is 0 Å². The van der Waals surface area contributed by atoms with E-state index in [4.69, 9.17) is 11.3 Å². The van der Waals surface area contributed by atoms with Gasteiger partial charge in [-0.25, -0.2) is 4.85 Å². The van der Waals surface area contributed by atoms with Crippen molar-refractivity contribution in [3.05, 3.63) is 29.7 Å². The first-order chi connectivity index (χ1) is 10.4. The van der Waals surface area contributed by atoms with Gasteiger partial charge in [-0.3, -0.25) is 9.78 Å². The summed E-state index contributed by atoms with van der Waals surface area (Å²) in [6.07, 6.45) is 4.03. The molecule has 1 aliphatic rings. The van der Waals surface area contributed by atoms with Crippen LogP contribution in [-0.4, -0.2) is 29.6 Å². The highest BCUT2D eigenvalue weighted by Gasteiger charge is 2.24. The predicted octanol–water partition coefficient (Wildman–Crippen LogP) is 3.58. The lowest BCUT2D eigenvalue weighted by Gasteiger charge is -2.33. The van der Waals surface area contributed by atoms with Gasteiger partial charge in [-0.1, -0.05) is 6.07 Å². The first kappa shape index (κ1) is 16.3. The first-order valence-corrected chi connectivity index (χ1v) is 7.68. The summed E-state index contributed by atoms with van der Waals surface area (Å²) in [6, 6.07) is 3.68. The summed E-state index contributed by atoms with van der Waals surface area (Å²) < 4.78 is 5.38. The number of piperidine rings is 1. The molecule has 0 aromatic carbocycles. The lowest BCUT2D eigenvalue weighted by molar-refractivity contribution is -0.156. The second-order valence-electron chi connectivity index (χ2n) is 6.71. The van der Waals surface area contributed by atoms with Crippen LogP contribution in [0, 0.1) is 12.5 Å². The van der Waals surface area contributed by atoms with Crippen molar-refractivity contribution in [2.75, 3.05) is 18.0 Å². The zero-order valence-electron chi connectivity index (χ0n) is 13.5. The van der Waals surface area contributed by atoms with Gasteiger partial charge in [0.25, 0.3) is 0 Å². The highest BCUT2D eigenvalue weighted by molar-refractivity contribution is 5.70. The molecule has 118 valence electrons. The Kier molecular flexibility index (Phi) is 5.02. The van der Waals surface area contributed by atoms with E-state index in [0.717, 1.165) is 31.7 Å². The zero-order valence-corrected chi connectivity index (χ0v) is 13.5. The number of anilines is 1. The summed E-state index contributed by atoms with van der Waals surface area (Å²) in [5.74, 6) is 1.18. The number of hydrogen-bond donors (Lipinski definition) is 0. The van der Waals surface area contributed by atoms with Gasteiger partial charge in [0.05, 0.1) is 6.57 Å². The average molecular weight is 301 g/mol. The molecule has 2 heterocycles. The quantitative estimate of drug-likeness (QED) is 0.632. The van der Waals surface area contributed by atoms with Gasteiger partial charge < -0.3 is 9.64 Å². The molecule has 0 spiro atoms. The number of esters is 1. The van der Waals surface area contributed by atoms with Crippen molar-refractivity contribution in [2.24, 2.45) is 5.92 Å². The average Bonchev–Trinajstić information content (AvgIpc) is 2.46. The predicted molar refractivity (Wildman–Crippen MR) is 85.9 cm³/mol. The van der Waals surface area contributed by atoms with E-state index in [1.54, 1.807) is 12.3 Å². The highest BCUT2D eigenvalue weighted by atomic mass is 16.6. The smallest absolute Gasteiger partial charge is 0.306 e. The summed E-state index contributed by atoms with van der Waals surface area (Å²) >= 11 is 0. The summed E-state index contributed by atoms with van der Waals surface area (Å²) in [4.78, 5) is 21.8. The molecule has 0 saturated carbocycles. The maximum atomic E-state index is 11.9. The Balaban J connectivity index is 1.82. The minimum atomic E-state index is -0.410. The topological polar surface area (TPSA) is 46.8 Å². The number of ether oxygens (including phenoxy) is 1. The molecule has 5 heteroatoms. The zero-order chi connectivity index (χ0) is 16.2. The molecule has 0 aliphatic carbocycles. The molecule has 5 nitrogen and oxygen atoms in total. The molecule has 1 aliphatic heterocycles. The van der Waals surface area contributed by atoms with Crippen molar-refractivity contribution in [3.63, 3.8) is 0 Å². The SMILES string of the molecule is [C-]#[N+]c1ccc(N2CCC(CC(=O)OC(C)(C)C)CC2)nc1. The van der Waals surface area contributed by atoms with Gasteiger partial charge in [-0.15, -0.1) is 0 Å².